The van der Waals surface area contributed by atoms with Crippen LogP contribution in [0.4, 0.5) is 10.5 Å². The van der Waals surface area contributed by atoms with Gasteiger partial charge in [-0.1, -0.05) is 0 Å². The summed E-state index contributed by atoms with van der Waals surface area (Å²) in [6.45, 7) is 5.17. The topological polar surface area (TPSA) is 99.1 Å². The van der Waals surface area contributed by atoms with Gasteiger partial charge in [0.1, 0.15) is 11.3 Å². The van der Waals surface area contributed by atoms with Gasteiger partial charge in [-0.15, -0.1) is 0 Å². The molecule has 0 spiro atoms. The number of morpholine rings is 1. The highest BCUT2D eigenvalue weighted by molar-refractivity contribution is 5.95. The van der Waals surface area contributed by atoms with Gasteiger partial charge in [0.05, 0.1) is 18.8 Å². The fourth-order valence-corrected chi connectivity index (χ4v) is 2.18. The summed E-state index contributed by atoms with van der Waals surface area (Å²) < 4.78 is 5.53. The van der Waals surface area contributed by atoms with Crippen LogP contribution in [-0.2, 0) is 4.74 Å². The normalized spacial score (nSPS) is 17.3. The van der Waals surface area contributed by atoms with Crippen molar-refractivity contribution >= 4 is 17.7 Å². The number of aromatic hydroxyl groups is 1. The summed E-state index contributed by atoms with van der Waals surface area (Å²) >= 11 is 0. The maximum absolute atomic E-state index is 12.2. The third-order valence-corrected chi connectivity index (χ3v) is 3.19. The van der Waals surface area contributed by atoms with Crippen molar-refractivity contribution in [3.8, 4) is 5.75 Å². The SMILES string of the molecule is CC1(C)CN(C(=O)Nc2ccc(O)c(C(=O)O)c2)CCO1. The Hall–Kier alpha value is -2.28. The molecule has 1 heterocycles. The number of benzene rings is 1. The third-order valence-electron chi connectivity index (χ3n) is 3.19. The van der Waals surface area contributed by atoms with Gasteiger partial charge in [0.15, 0.2) is 0 Å². The minimum atomic E-state index is -1.25. The first-order chi connectivity index (χ1) is 9.78. The molecule has 2 rings (SSSR count). The molecular formula is C14H18N2O5. The molecule has 1 aliphatic heterocycles. The van der Waals surface area contributed by atoms with Crippen molar-refractivity contribution in [3.05, 3.63) is 23.8 Å². The van der Waals surface area contributed by atoms with Gasteiger partial charge in [0.25, 0.3) is 0 Å². The number of carbonyl (C=O) groups is 2. The number of hydrogen-bond donors (Lipinski definition) is 3. The van der Waals surface area contributed by atoms with Crippen LogP contribution in [0.2, 0.25) is 0 Å². The number of nitrogens with one attached hydrogen (secondary N) is 1. The van der Waals surface area contributed by atoms with Gasteiger partial charge in [0.2, 0.25) is 0 Å². The van der Waals surface area contributed by atoms with E-state index in [1.807, 2.05) is 13.8 Å². The summed E-state index contributed by atoms with van der Waals surface area (Å²) in [4.78, 5) is 24.7. The van der Waals surface area contributed by atoms with Gasteiger partial charge in [-0.3, -0.25) is 0 Å². The summed E-state index contributed by atoms with van der Waals surface area (Å²) in [6, 6.07) is 3.59. The number of phenols is 1. The standard InChI is InChI=1S/C14H18N2O5/c1-14(2)8-16(5-6-21-14)13(20)15-9-3-4-11(17)10(7-9)12(18)19/h3-4,7,17H,5-6,8H2,1-2H3,(H,15,20)(H,18,19). The number of amides is 2. The predicted octanol–water partition coefficient (Wildman–Crippen LogP) is 1.73. The lowest BCUT2D eigenvalue weighted by molar-refractivity contribution is -0.0720. The Morgan fingerprint density at radius 3 is 2.71 bits per heavy atom. The van der Waals surface area contributed by atoms with Crippen molar-refractivity contribution < 1.29 is 24.5 Å². The lowest BCUT2D eigenvalue weighted by atomic mass is 10.1. The maximum atomic E-state index is 12.2. The Kier molecular flexibility index (Phi) is 4.04. The van der Waals surface area contributed by atoms with Crippen LogP contribution >= 0.6 is 0 Å². The van der Waals surface area contributed by atoms with Crippen molar-refractivity contribution in [2.45, 2.75) is 19.4 Å². The molecule has 21 heavy (non-hydrogen) atoms. The van der Waals surface area contributed by atoms with E-state index < -0.39 is 11.6 Å². The molecule has 7 nitrogen and oxygen atoms in total. The van der Waals surface area contributed by atoms with E-state index in [2.05, 4.69) is 5.32 Å². The number of aromatic carboxylic acids is 1. The molecule has 0 unspecified atom stereocenters. The highest BCUT2D eigenvalue weighted by atomic mass is 16.5. The first kappa shape index (κ1) is 15.1. The first-order valence-electron chi connectivity index (χ1n) is 6.55. The highest BCUT2D eigenvalue weighted by Crippen LogP contribution is 2.22. The van der Waals surface area contributed by atoms with Gasteiger partial charge < -0.3 is 25.2 Å². The molecule has 1 aromatic carbocycles. The second-order valence-electron chi connectivity index (χ2n) is 5.50. The van der Waals surface area contributed by atoms with Gasteiger partial charge in [0, 0.05) is 12.2 Å². The van der Waals surface area contributed by atoms with Crippen LogP contribution in [0.3, 0.4) is 0 Å². The molecule has 114 valence electrons. The number of carboxylic acid groups (broad SMARTS) is 1. The Labute approximate surface area is 122 Å². The molecule has 0 aromatic heterocycles. The van der Waals surface area contributed by atoms with Crippen molar-refractivity contribution in [2.75, 3.05) is 25.0 Å². The van der Waals surface area contributed by atoms with Crippen LogP contribution < -0.4 is 5.32 Å². The van der Waals surface area contributed by atoms with E-state index in [1.54, 1.807) is 4.90 Å². The molecule has 7 heteroatoms. The average molecular weight is 294 g/mol. The summed E-state index contributed by atoms with van der Waals surface area (Å²) in [5, 5.41) is 21.0. The molecule has 0 radical (unpaired) electrons. The average Bonchev–Trinajstić information content (AvgIpc) is 2.39. The molecule has 0 atom stereocenters. The van der Waals surface area contributed by atoms with Gasteiger partial charge in [-0.25, -0.2) is 9.59 Å². The van der Waals surface area contributed by atoms with Crippen LogP contribution in [0.1, 0.15) is 24.2 Å². The van der Waals surface area contributed by atoms with E-state index in [-0.39, 0.29) is 17.3 Å². The largest absolute Gasteiger partial charge is 0.507 e. The zero-order chi connectivity index (χ0) is 15.6. The summed E-state index contributed by atoms with van der Waals surface area (Å²) in [5.41, 5.74) is -0.342. The summed E-state index contributed by atoms with van der Waals surface area (Å²) in [5.74, 6) is -1.59. The fourth-order valence-electron chi connectivity index (χ4n) is 2.18. The number of carboxylic acids is 1. The number of carbonyl (C=O) groups excluding carboxylic acids is 1. The zero-order valence-electron chi connectivity index (χ0n) is 11.9. The number of ether oxygens (including phenoxy) is 1. The number of urea groups is 1. The zero-order valence-corrected chi connectivity index (χ0v) is 11.9. The fraction of sp³-hybridized carbons (Fsp3) is 0.429. The smallest absolute Gasteiger partial charge is 0.339 e. The van der Waals surface area contributed by atoms with Gasteiger partial charge in [-0.2, -0.15) is 0 Å². The molecular weight excluding hydrogens is 276 g/mol. The Morgan fingerprint density at radius 1 is 1.38 bits per heavy atom. The third kappa shape index (κ3) is 3.63. The molecule has 3 N–H and O–H groups in total. The van der Waals surface area contributed by atoms with Crippen LogP contribution in [0.5, 0.6) is 5.75 Å². The van der Waals surface area contributed by atoms with Crippen molar-refractivity contribution in [3.63, 3.8) is 0 Å². The van der Waals surface area contributed by atoms with Crippen molar-refractivity contribution in [2.24, 2.45) is 0 Å². The van der Waals surface area contributed by atoms with E-state index in [4.69, 9.17) is 9.84 Å². The lowest BCUT2D eigenvalue weighted by Gasteiger charge is -2.38. The molecule has 0 saturated carbocycles. The molecule has 1 saturated heterocycles. The summed E-state index contributed by atoms with van der Waals surface area (Å²) in [6.07, 6.45) is 0. The van der Waals surface area contributed by atoms with E-state index in [0.29, 0.717) is 25.4 Å². The summed E-state index contributed by atoms with van der Waals surface area (Å²) in [7, 11) is 0. The molecule has 0 aliphatic carbocycles. The minimum absolute atomic E-state index is 0.255. The van der Waals surface area contributed by atoms with Crippen LogP contribution in [-0.4, -0.2) is 52.4 Å². The van der Waals surface area contributed by atoms with Crippen LogP contribution in [0.25, 0.3) is 0 Å². The Morgan fingerprint density at radius 2 is 2.10 bits per heavy atom. The quantitative estimate of drug-likeness (QED) is 0.721. The van der Waals surface area contributed by atoms with Crippen molar-refractivity contribution in [1.82, 2.24) is 4.90 Å². The lowest BCUT2D eigenvalue weighted by Crippen LogP contribution is -2.51. The highest BCUT2D eigenvalue weighted by Gasteiger charge is 2.30. The van der Waals surface area contributed by atoms with Crippen LogP contribution in [0, 0.1) is 0 Å². The molecule has 1 aromatic rings. The molecule has 1 aliphatic rings. The minimum Gasteiger partial charge on any atom is -0.507 e. The monoisotopic (exact) mass is 294 g/mol. The molecule has 1 fully saturated rings. The molecule has 0 bridgehead atoms. The van der Waals surface area contributed by atoms with Crippen LogP contribution in [0.15, 0.2) is 18.2 Å². The Balaban J connectivity index is 2.09. The Bertz CT molecular complexity index is 570. The first-order valence-corrected chi connectivity index (χ1v) is 6.55. The number of anilines is 1. The number of hydrogen-bond acceptors (Lipinski definition) is 4. The van der Waals surface area contributed by atoms with E-state index >= 15 is 0 Å². The molecule has 2 amide bonds. The number of rotatable bonds is 2. The predicted molar refractivity (Wildman–Crippen MR) is 75.7 cm³/mol. The van der Waals surface area contributed by atoms with Gasteiger partial charge >= 0.3 is 12.0 Å². The second-order valence-corrected chi connectivity index (χ2v) is 5.50. The second kappa shape index (κ2) is 5.61. The maximum Gasteiger partial charge on any atom is 0.339 e. The van der Waals surface area contributed by atoms with Gasteiger partial charge in [-0.05, 0) is 32.0 Å². The number of nitrogens with zero attached hydrogens (tertiary/aromatic N) is 1. The van der Waals surface area contributed by atoms with E-state index in [0.717, 1.165) is 0 Å². The van der Waals surface area contributed by atoms with Crippen molar-refractivity contribution in [1.29, 1.82) is 0 Å². The van der Waals surface area contributed by atoms with E-state index in [1.165, 1.54) is 18.2 Å². The van der Waals surface area contributed by atoms with E-state index in [9.17, 15) is 14.7 Å².